The lowest BCUT2D eigenvalue weighted by atomic mass is 10.1. The molecule has 0 aliphatic carbocycles. The van der Waals surface area contributed by atoms with E-state index < -0.39 is 0 Å². The number of para-hydroxylation sites is 1. The van der Waals surface area contributed by atoms with Gasteiger partial charge in [-0.1, -0.05) is 26.0 Å². The van der Waals surface area contributed by atoms with Gasteiger partial charge in [0.2, 0.25) is 5.91 Å². The highest BCUT2D eigenvalue weighted by Gasteiger charge is 2.22. The molecule has 1 aromatic heterocycles. The number of benzene rings is 1. The molecule has 1 saturated heterocycles. The summed E-state index contributed by atoms with van der Waals surface area (Å²) < 4.78 is 1.02. The van der Waals surface area contributed by atoms with Gasteiger partial charge in [0, 0.05) is 53.8 Å². The van der Waals surface area contributed by atoms with Crippen LogP contribution in [0.2, 0.25) is 0 Å². The van der Waals surface area contributed by atoms with Crippen LogP contribution in [0.4, 0.5) is 5.69 Å². The lowest BCUT2D eigenvalue weighted by molar-refractivity contribution is -0.134. The van der Waals surface area contributed by atoms with Crippen LogP contribution in [0.1, 0.15) is 20.3 Å². The van der Waals surface area contributed by atoms with E-state index in [0.717, 1.165) is 48.0 Å². The molecule has 0 atom stereocenters. The van der Waals surface area contributed by atoms with E-state index in [1.165, 1.54) is 5.69 Å². The molecule has 1 aliphatic rings. The third-order valence-corrected chi connectivity index (χ3v) is 4.98. The number of rotatable bonds is 2. The summed E-state index contributed by atoms with van der Waals surface area (Å²) in [6.45, 7) is 7.41. The van der Waals surface area contributed by atoms with E-state index in [0.29, 0.717) is 0 Å². The minimum atomic E-state index is 0.0688. The van der Waals surface area contributed by atoms with Crippen molar-refractivity contribution in [1.29, 1.82) is 0 Å². The zero-order chi connectivity index (χ0) is 16.4. The number of aromatic nitrogens is 1. The number of fused-ring (bicyclic) bond motifs is 1. The van der Waals surface area contributed by atoms with E-state index in [4.69, 9.17) is 0 Å². The number of carbonyl (C=O) groups excluding carboxylic acids is 1. The molecule has 1 aliphatic heterocycles. The summed E-state index contributed by atoms with van der Waals surface area (Å²) in [6.07, 6.45) is 2.86. The van der Waals surface area contributed by atoms with Crippen LogP contribution in [-0.4, -0.2) is 42.0 Å². The number of nitrogens with zero attached hydrogens (tertiary/aromatic N) is 3. The fourth-order valence-electron chi connectivity index (χ4n) is 3.15. The molecule has 0 saturated carbocycles. The van der Waals surface area contributed by atoms with Crippen molar-refractivity contribution in [2.45, 2.75) is 20.3 Å². The van der Waals surface area contributed by atoms with E-state index in [2.05, 4.69) is 37.9 Å². The maximum absolute atomic E-state index is 12.2. The van der Waals surface area contributed by atoms with Crippen LogP contribution in [0.3, 0.4) is 0 Å². The molecule has 0 N–H and O–H groups in total. The highest BCUT2D eigenvalue weighted by Crippen LogP contribution is 2.30. The maximum atomic E-state index is 12.2. The number of hydrogen-bond acceptors (Lipinski definition) is 3. The van der Waals surface area contributed by atoms with Crippen molar-refractivity contribution in [3.63, 3.8) is 0 Å². The summed E-state index contributed by atoms with van der Waals surface area (Å²) in [5, 5.41) is 1.16. The quantitative estimate of drug-likeness (QED) is 0.802. The Morgan fingerprint density at radius 3 is 2.78 bits per heavy atom. The van der Waals surface area contributed by atoms with Gasteiger partial charge in [-0.05, 0) is 34.5 Å². The topological polar surface area (TPSA) is 36.4 Å². The Kier molecular flexibility index (Phi) is 4.85. The van der Waals surface area contributed by atoms with Crippen LogP contribution in [-0.2, 0) is 4.79 Å². The average molecular weight is 376 g/mol. The molecule has 3 rings (SSSR count). The lowest BCUT2D eigenvalue weighted by Gasteiger charge is -2.25. The monoisotopic (exact) mass is 375 g/mol. The van der Waals surface area contributed by atoms with Crippen molar-refractivity contribution < 1.29 is 4.79 Å². The third kappa shape index (κ3) is 3.34. The molecule has 5 heteroatoms. The van der Waals surface area contributed by atoms with Gasteiger partial charge in [-0.2, -0.15) is 0 Å². The van der Waals surface area contributed by atoms with E-state index >= 15 is 0 Å². The molecule has 1 aromatic carbocycles. The number of amides is 1. The molecule has 4 nitrogen and oxygen atoms in total. The Hall–Kier alpha value is -1.62. The van der Waals surface area contributed by atoms with E-state index in [9.17, 15) is 4.79 Å². The Labute approximate surface area is 145 Å². The predicted octanol–water partition coefficient (Wildman–Crippen LogP) is 3.69. The number of halogens is 1. The first-order valence-electron chi connectivity index (χ1n) is 8.15. The molecule has 0 unspecified atom stereocenters. The highest BCUT2D eigenvalue weighted by atomic mass is 79.9. The Bertz CT molecular complexity index is 716. The van der Waals surface area contributed by atoms with Gasteiger partial charge in [0.25, 0.3) is 0 Å². The molecule has 1 fully saturated rings. The van der Waals surface area contributed by atoms with Crippen LogP contribution >= 0.6 is 15.9 Å². The summed E-state index contributed by atoms with van der Waals surface area (Å²) >= 11 is 3.58. The first-order valence-corrected chi connectivity index (χ1v) is 8.94. The smallest absolute Gasteiger partial charge is 0.225 e. The van der Waals surface area contributed by atoms with Gasteiger partial charge in [0.15, 0.2) is 0 Å². The number of anilines is 1. The van der Waals surface area contributed by atoms with Crippen LogP contribution in [0.25, 0.3) is 10.9 Å². The third-order valence-electron chi connectivity index (χ3n) is 4.34. The number of pyridine rings is 1. The van der Waals surface area contributed by atoms with Crippen molar-refractivity contribution >= 4 is 38.4 Å². The van der Waals surface area contributed by atoms with Crippen LogP contribution < -0.4 is 4.90 Å². The zero-order valence-electron chi connectivity index (χ0n) is 13.6. The van der Waals surface area contributed by atoms with Gasteiger partial charge < -0.3 is 9.80 Å². The fourth-order valence-corrected chi connectivity index (χ4v) is 3.61. The van der Waals surface area contributed by atoms with Gasteiger partial charge in [0.05, 0.1) is 5.52 Å². The van der Waals surface area contributed by atoms with Crippen molar-refractivity contribution in [3.05, 3.63) is 34.9 Å². The van der Waals surface area contributed by atoms with Gasteiger partial charge >= 0.3 is 0 Å². The van der Waals surface area contributed by atoms with Crippen molar-refractivity contribution in [2.75, 3.05) is 31.1 Å². The molecule has 0 spiro atoms. The zero-order valence-corrected chi connectivity index (χ0v) is 15.2. The van der Waals surface area contributed by atoms with E-state index in [1.54, 1.807) is 0 Å². The molecule has 122 valence electrons. The summed E-state index contributed by atoms with van der Waals surface area (Å²) in [5.74, 6) is 0.327. The van der Waals surface area contributed by atoms with Gasteiger partial charge in [-0.3, -0.25) is 9.78 Å². The van der Waals surface area contributed by atoms with Crippen molar-refractivity contribution in [2.24, 2.45) is 5.92 Å². The van der Waals surface area contributed by atoms with E-state index in [-0.39, 0.29) is 11.8 Å². The molecule has 1 amide bonds. The minimum absolute atomic E-state index is 0.0688. The Balaban J connectivity index is 1.86. The number of hydrogen-bond donors (Lipinski definition) is 0. The van der Waals surface area contributed by atoms with Gasteiger partial charge in [-0.15, -0.1) is 0 Å². The molecule has 2 heterocycles. The SMILES string of the molecule is CC(C)C(=O)N1CCCN(c2ccnc3c(Br)cccc23)CC1. The normalized spacial score (nSPS) is 16.0. The lowest BCUT2D eigenvalue weighted by Crippen LogP contribution is -2.37. The molecular weight excluding hydrogens is 354 g/mol. The van der Waals surface area contributed by atoms with Crippen molar-refractivity contribution in [3.8, 4) is 0 Å². The minimum Gasteiger partial charge on any atom is -0.369 e. The van der Waals surface area contributed by atoms with Crippen LogP contribution in [0.5, 0.6) is 0 Å². The van der Waals surface area contributed by atoms with Gasteiger partial charge in [0.1, 0.15) is 0 Å². The summed E-state index contributed by atoms with van der Waals surface area (Å²) in [6, 6.07) is 8.26. The standard InChI is InChI=1S/C18H22BrN3O/c1-13(2)18(23)22-10-4-9-21(11-12-22)16-7-8-20-17-14(16)5-3-6-15(17)19/h3,5-8,13H,4,9-12H2,1-2H3. The molecular formula is C18H22BrN3O. The highest BCUT2D eigenvalue weighted by molar-refractivity contribution is 9.10. The summed E-state index contributed by atoms with van der Waals surface area (Å²) in [4.78, 5) is 21.1. The largest absolute Gasteiger partial charge is 0.369 e. The van der Waals surface area contributed by atoms with Crippen LogP contribution in [0, 0.1) is 5.92 Å². The van der Waals surface area contributed by atoms with Crippen LogP contribution in [0.15, 0.2) is 34.9 Å². The molecule has 2 aromatic rings. The Morgan fingerprint density at radius 1 is 1.17 bits per heavy atom. The molecule has 0 bridgehead atoms. The second-order valence-electron chi connectivity index (χ2n) is 6.29. The predicted molar refractivity (Wildman–Crippen MR) is 97.7 cm³/mol. The summed E-state index contributed by atoms with van der Waals surface area (Å²) in [7, 11) is 0. The maximum Gasteiger partial charge on any atom is 0.225 e. The molecule has 23 heavy (non-hydrogen) atoms. The summed E-state index contributed by atoms with van der Waals surface area (Å²) in [5.41, 5.74) is 2.19. The first-order chi connectivity index (χ1) is 11.1. The number of carbonyl (C=O) groups is 1. The van der Waals surface area contributed by atoms with Gasteiger partial charge in [-0.25, -0.2) is 0 Å². The Morgan fingerprint density at radius 2 is 2.00 bits per heavy atom. The second-order valence-corrected chi connectivity index (χ2v) is 7.14. The molecule has 0 radical (unpaired) electrons. The van der Waals surface area contributed by atoms with Crippen molar-refractivity contribution in [1.82, 2.24) is 9.88 Å². The average Bonchev–Trinajstić information content (AvgIpc) is 2.80. The fraction of sp³-hybridized carbons (Fsp3) is 0.444. The van der Waals surface area contributed by atoms with E-state index in [1.807, 2.05) is 37.1 Å². The first kappa shape index (κ1) is 16.2. The second kappa shape index (κ2) is 6.87.